The molecular formula is C32H44BrN5O4Si. The normalized spacial score (nSPS) is 12.8. The molecule has 0 N–H and O–H groups in total. The third kappa shape index (κ3) is 8.27. The largest absolute Gasteiger partial charge is 0.497 e. The van der Waals surface area contributed by atoms with Gasteiger partial charge in [0.15, 0.2) is 19.8 Å². The molecule has 2 aromatic heterocycles. The molecule has 4 aromatic rings. The van der Waals surface area contributed by atoms with Gasteiger partial charge >= 0.3 is 6.01 Å². The van der Waals surface area contributed by atoms with E-state index in [2.05, 4.69) is 90.9 Å². The zero-order valence-electron chi connectivity index (χ0n) is 26.6. The predicted molar refractivity (Wildman–Crippen MR) is 177 cm³/mol. The van der Waals surface area contributed by atoms with Crippen LogP contribution in [0.2, 0.25) is 18.1 Å². The molecule has 4 rings (SSSR count). The molecule has 2 heterocycles. The maximum Gasteiger partial charge on any atom is 0.336 e. The van der Waals surface area contributed by atoms with Crippen molar-refractivity contribution in [3.05, 3.63) is 70.5 Å². The van der Waals surface area contributed by atoms with Gasteiger partial charge in [-0.05, 0) is 75.9 Å². The number of ether oxygens (including phenoxy) is 3. The van der Waals surface area contributed by atoms with Gasteiger partial charge in [-0.25, -0.2) is 4.98 Å². The van der Waals surface area contributed by atoms with Gasteiger partial charge in [-0.3, -0.25) is 0 Å². The van der Waals surface area contributed by atoms with Gasteiger partial charge in [-0.2, -0.15) is 9.50 Å². The van der Waals surface area contributed by atoms with E-state index < -0.39 is 8.32 Å². The second kappa shape index (κ2) is 14.1. The van der Waals surface area contributed by atoms with E-state index in [-0.39, 0.29) is 11.1 Å². The topological polar surface area (TPSA) is 83.2 Å². The van der Waals surface area contributed by atoms with Gasteiger partial charge in [0.05, 0.1) is 20.4 Å². The van der Waals surface area contributed by atoms with Crippen LogP contribution in [0.5, 0.6) is 17.5 Å². The van der Waals surface area contributed by atoms with Crippen LogP contribution in [0.15, 0.2) is 59.3 Å². The van der Waals surface area contributed by atoms with Crippen molar-refractivity contribution in [2.75, 3.05) is 25.7 Å². The molecule has 0 aliphatic rings. The number of fused-ring (bicyclic) bond motifs is 1. The number of anilines is 1. The lowest BCUT2D eigenvalue weighted by atomic mass is 10.1. The summed E-state index contributed by atoms with van der Waals surface area (Å²) in [5.74, 6) is 2.30. The molecule has 0 radical (unpaired) electrons. The molecule has 1 atom stereocenters. The lowest BCUT2D eigenvalue weighted by molar-refractivity contribution is 0.140. The van der Waals surface area contributed by atoms with E-state index >= 15 is 0 Å². The lowest BCUT2D eigenvalue weighted by Crippen LogP contribution is -2.41. The highest BCUT2D eigenvalue weighted by molar-refractivity contribution is 9.10. The average molecular weight is 671 g/mol. The van der Waals surface area contributed by atoms with E-state index in [1.807, 2.05) is 24.3 Å². The molecule has 0 saturated carbocycles. The summed E-state index contributed by atoms with van der Waals surface area (Å²) in [6.45, 7) is 15.2. The van der Waals surface area contributed by atoms with Crippen LogP contribution in [-0.4, -0.2) is 54.8 Å². The van der Waals surface area contributed by atoms with E-state index in [9.17, 15) is 0 Å². The summed E-state index contributed by atoms with van der Waals surface area (Å²) in [5, 5.41) is 4.86. The number of aromatic nitrogens is 4. The first-order chi connectivity index (χ1) is 20.4. The maximum atomic E-state index is 6.44. The summed E-state index contributed by atoms with van der Waals surface area (Å²) >= 11 is 3.61. The number of hydrogen-bond acceptors (Lipinski definition) is 8. The molecule has 0 aliphatic carbocycles. The predicted octanol–water partition coefficient (Wildman–Crippen LogP) is 7.68. The van der Waals surface area contributed by atoms with Crippen LogP contribution in [0.25, 0.3) is 5.65 Å². The van der Waals surface area contributed by atoms with Crippen LogP contribution >= 0.6 is 15.9 Å². The number of methoxy groups -OCH3 is 2. The van der Waals surface area contributed by atoms with Gasteiger partial charge in [0, 0.05) is 26.1 Å². The van der Waals surface area contributed by atoms with Crippen LogP contribution in [0.1, 0.15) is 51.7 Å². The molecule has 232 valence electrons. The lowest BCUT2D eigenvalue weighted by Gasteiger charge is -2.36. The van der Waals surface area contributed by atoms with Gasteiger partial charge in [0.2, 0.25) is 0 Å². The molecule has 0 bridgehead atoms. The average Bonchev–Trinajstić information content (AvgIpc) is 3.36. The standard InChI is InChI=1S/C32H44BrN5O4Si/c1-9-25(18-19-41-43(7,8)32(2,3)4)42-31-35-30(29-34-20-28(33)38(29)36-31)37(21-23-10-14-26(39-5)15-11-23)22-24-12-16-27(40-6)17-13-24/h10-17,20,25H,9,18-19,21-22H2,1-8H3. The Balaban J connectivity index is 1.65. The van der Waals surface area contributed by atoms with Crippen molar-refractivity contribution in [1.82, 2.24) is 19.6 Å². The summed E-state index contributed by atoms with van der Waals surface area (Å²) in [6, 6.07) is 16.4. The Morgan fingerprint density at radius 3 is 1.98 bits per heavy atom. The van der Waals surface area contributed by atoms with Crippen molar-refractivity contribution in [1.29, 1.82) is 0 Å². The van der Waals surface area contributed by atoms with Crippen molar-refractivity contribution in [3.63, 3.8) is 0 Å². The van der Waals surface area contributed by atoms with E-state index in [4.69, 9.17) is 28.7 Å². The second-order valence-electron chi connectivity index (χ2n) is 12.1. The first-order valence-corrected chi connectivity index (χ1v) is 18.4. The smallest absolute Gasteiger partial charge is 0.336 e. The van der Waals surface area contributed by atoms with Crippen molar-refractivity contribution < 1.29 is 18.6 Å². The minimum Gasteiger partial charge on any atom is -0.497 e. The molecule has 0 amide bonds. The Hall–Kier alpha value is -3.15. The Kier molecular flexibility index (Phi) is 10.7. The monoisotopic (exact) mass is 669 g/mol. The van der Waals surface area contributed by atoms with E-state index in [1.165, 1.54) is 0 Å². The highest BCUT2D eigenvalue weighted by Crippen LogP contribution is 2.36. The molecule has 0 aliphatic heterocycles. The first-order valence-electron chi connectivity index (χ1n) is 14.7. The minimum absolute atomic E-state index is 0.0889. The molecule has 0 saturated heterocycles. The molecule has 0 fully saturated rings. The van der Waals surface area contributed by atoms with Crippen LogP contribution in [0.3, 0.4) is 0 Å². The zero-order valence-corrected chi connectivity index (χ0v) is 29.1. The summed E-state index contributed by atoms with van der Waals surface area (Å²) in [4.78, 5) is 11.8. The van der Waals surface area contributed by atoms with Crippen LogP contribution in [0.4, 0.5) is 5.82 Å². The fourth-order valence-corrected chi connectivity index (χ4v) is 5.76. The summed E-state index contributed by atoms with van der Waals surface area (Å²) < 4.78 is 26.1. The number of nitrogens with zero attached hydrogens (tertiary/aromatic N) is 5. The number of halogens is 1. The highest BCUT2D eigenvalue weighted by Gasteiger charge is 2.37. The fraction of sp³-hybridized carbons (Fsp3) is 0.469. The van der Waals surface area contributed by atoms with Crippen LogP contribution < -0.4 is 19.1 Å². The second-order valence-corrected chi connectivity index (χ2v) is 17.8. The Bertz CT molecular complexity index is 1420. The quantitative estimate of drug-likeness (QED) is 0.126. The molecule has 9 nitrogen and oxygen atoms in total. The van der Waals surface area contributed by atoms with Crippen molar-refractivity contribution in [2.24, 2.45) is 0 Å². The molecule has 2 aromatic carbocycles. The van der Waals surface area contributed by atoms with Gasteiger partial charge < -0.3 is 23.5 Å². The highest BCUT2D eigenvalue weighted by atomic mass is 79.9. The number of hydrogen-bond donors (Lipinski definition) is 0. The summed E-state index contributed by atoms with van der Waals surface area (Å²) in [7, 11) is 1.49. The Morgan fingerprint density at radius 2 is 1.49 bits per heavy atom. The number of imidazole rings is 1. The van der Waals surface area contributed by atoms with Gasteiger partial charge in [0.1, 0.15) is 22.2 Å². The molecule has 43 heavy (non-hydrogen) atoms. The Morgan fingerprint density at radius 1 is 0.930 bits per heavy atom. The van der Waals surface area contributed by atoms with Crippen LogP contribution in [0, 0.1) is 0 Å². The molecule has 1 unspecified atom stereocenters. The third-order valence-electron chi connectivity index (χ3n) is 8.08. The third-order valence-corrected chi connectivity index (χ3v) is 13.2. The van der Waals surface area contributed by atoms with Crippen molar-refractivity contribution >= 4 is 35.7 Å². The van der Waals surface area contributed by atoms with E-state index in [0.717, 1.165) is 40.1 Å². The van der Waals surface area contributed by atoms with E-state index in [0.29, 0.717) is 37.2 Å². The number of rotatable bonds is 14. The number of benzene rings is 2. The maximum absolute atomic E-state index is 6.44. The van der Waals surface area contributed by atoms with Crippen molar-refractivity contribution in [2.45, 2.75) is 77.9 Å². The fourth-order valence-electron chi connectivity index (χ4n) is 4.35. The SMILES string of the molecule is CCC(CCO[Si](C)(C)C(C)(C)C)Oc1nc(N(Cc2ccc(OC)cc2)Cc2ccc(OC)cc2)c2ncc(Br)n2n1. The molecular weight excluding hydrogens is 626 g/mol. The zero-order chi connectivity index (χ0) is 31.2. The van der Waals surface area contributed by atoms with Gasteiger partial charge in [-0.15, -0.1) is 5.10 Å². The molecule has 0 spiro atoms. The van der Waals surface area contributed by atoms with E-state index in [1.54, 1.807) is 24.9 Å². The Labute approximate surface area is 264 Å². The van der Waals surface area contributed by atoms with Crippen LogP contribution in [-0.2, 0) is 17.5 Å². The summed E-state index contributed by atoms with van der Waals surface area (Å²) in [6.07, 6.45) is 3.21. The first kappa shape index (κ1) is 32.8. The summed E-state index contributed by atoms with van der Waals surface area (Å²) in [5.41, 5.74) is 2.84. The minimum atomic E-state index is -1.85. The van der Waals surface area contributed by atoms with Gasteiger partial charge in [-0.1, -0.05) is 52.0 Å². The van der Waals surface area contributed by atoms with Crippen molar-refractivity contribution in [3.8, 4) is 17.5 Å². The molecule has 11 heteroatoms. The van der Waals surface area contributed by atoms with Gasteiger partial charge in [0.25, 0.3) is 0 Å².